The highest BCUT2D eigenvalue weighted by atomic mass is 35.5. The zero-order chi connectivity index (χ0) is 12.5. The van der Waals surface area contributed by atoms with Crippen molar-refractivity contribution in [3.8, 4) is 0 Å². The minimum atomic E-state index is -1.39. The number of hydrogen-bond acceptors (Lipinski definition) is 3. The van der Waals surface area contributed by atoms with Crippen molar-refractivity contribution in [1.82, 2.24) is 4.31 Å². The van der Waals surface area contributed by atoms with Crippen molar-refractivity contribution >= 4 is 22.6 Å². The first-order chi connectivity index (χ1) is 8.06. The van der Waals surface area contributed by atoms with Gasteiger partial charge < -0.3 is 10.2 Å². The van der Waals surface area contributed by atoms with Crippen molar-refractivity contribution in [3.63, 3.8) is 0 Å². The van der Waals surface area contributed by atoms with Crippen LogP contribution in [0.5, 0.6) is 0 Å². The Hall–Kier alpha value is -0.460. The topological polar surface area (TPSA) is 60.8 Å². The summed E-state index contributed by atoms with van der Waals surface area (Å²) in [5.74, 6) is 0. The number of aliphatic hydroxyl groups is 2. The number of aliphatic hydroxyl groups excluding tert-OH is 1. The third-order valence-corrected chi connectivity index (χ3v) is 4.81. The molecule has 1 aromatic rings. The molecule has 0 aliphatic carbocycles. The molecule has 0 amide bonds. The van der Waals surface area contributed by atoms with Gasteiger partial charge >= 0.3 is 0 Å². The lowest BCUT2D eigenvalue weighted by molar-refractivity contribution is -0.000502. The summed E-state index contributed by atoms with van der Waals surface area (Å²) in [4.78, 5) is 0.538. The third-order valence-electron chi connectivity index (χ3n) is 2.85. The van der Waals surface area contributed by atoms with Crippen LogP contribution < -0.4 is 0 Å². The molecule has 4 nitrogen and oxygen atoms in total. The van der Waals surface area contributed by atoms with Gasteiger partial charge in [-0.15, -0.1) is 0 Å². The zero-order valence-electron chi connectivity index (χ0n) is 9.17. The molecule has 1 aromatic carbocycles. The van der Waals surface area contributed by atoms with E-state index < -0.39 is 16.6 Å². The molecule has 0 saturated carbocycles. The van der Waals surface area contributed by atoms with Gasteiger partial charge in [-0.1, -0.05) is 23.7 Å². The molecule has 1 fully saturated rings. The van der Waals surface area contributed by atoms with Crippen molar-refractivity contribution in [3.05, 3.63) is 29.3 Å². The molecule has 0 radical (unpaired) electrons. The quantitative estimate of drug-likeness (QED) is 0.858. The van der Waals surface area contributed by atoms with Gasteiger partial charge in [0.05, 0.1) is 16.5 Å². The van der Waals surface area contributed by atoms with Crippen LogP contribution in [0.1, 0.15) is 6.42 Å². The predicted octanol–water partition coefficient (Wildman–Crippen LogP) is 0.792. The van der Waals surface area contributed by atoms with Gasteiger partial charge in [-0.05, 0) is 18.6 Å². The Kier molecular flexibility index (Phi) is 3.85. The SMILES string of the molecule is O=S(c1ccccc1Cl)N1CCC(O)(CO)C1. The summed E-state index contributed by atoms with van der Waals surface area (Å²) in [5.41, 5.74) is -1.14. The minimum Gasteiger partial charge on any atom is -0.393 e. The standard InChI is InChI=1S/C11H14ClNO3S/c12-9-3-1-2-4-10(9)17(16)13-6-5-11(15,7-13)8-14/h1-4,14-15H,5-8H2. The summed E-state index contributed by atoms with van der Waals surface area (Å²) in [6, 6.07) is 6.93. The molecule has 2 rings (SSSR count). The molecular formula is C11H14ClNO3S. The summed E-state index contributed by atoms with van der Waals surface area (Å²) < 4.78 is 13.9. The molecule has 2 atom stereocenters. The third kappa shape index (κ3) is 2.69. The number of β-amino-alcohol motifs (C(OH)–C–C–N with tert-alkyl or cyclic N) is 1. The second-order valence-corrected chi connectivity index (χ2v) is 6.04. The van der Waals surface area contributed by atoms with E-state index in [1.54, 1.807) is 28.6 Å². The Morgan fingerprint density at radius 2 is 2.18 bits per heavy atom. The number of hydrogen-bond donors (Lipinski definition) is 2. The van der Waals surface area contributed by atoms with Crippen LogP contribution in [0.25, 0.3) is 0 Å². The number of benzene rings is 1. The number of nitrogens with zero attached hydrogens (tertiary/aromatic N) is 1. The Balaban J connectivity index is 2.15. The maximum absolute atomic E-state index is 12.2. The lowest BCUT2D eigenvalue weighted by atomic mass is 10.1. The molecule has 2 N–H and O–H groups in total. The highest BCUT2D eigenvalue weighted by Crippen LogP contribution is 2.27. The molecule has 1 saturated heterocycles. The number of halogens is 1. The van der Waals surface area contributed by atoms with Crippen molar-refractivity contribution in [2.75, 3.05) is 19.7 Å². The van der Waals surface area contributed by atoms with Gasteiger partial charge in [0.1, 0.15) is 16.6 Å². The van der Waals surface area contributed by atoms with Crippen LogP contribution in [-0.4, -0.2) is 44.0 Å². The van der Waals surface area contributed by atoms with Crippen LogP contribution >= 0.6 is 11.6 Å². The van der Waals surface area contributed by atoms with E-state index in [9.17, 15) is 9.32 Å². The van der Waals surface area contributed by atoms with Crippen molar-refractivity contribution in [2.45, 2.75) is 16.9 Å². The molecule has 1 aliphatic heterocycles. The Morgan fingerprint density at radius 1 is 1.47 bits per heavy atom. The van der Waals surface area contributed by atoms with Gasteiger partial charge in [0.2, 0.25) is 0 Å². The Bertz CT molecular complexity index is 442. The predicted molar refractivity (Wildman–Crippen MR) is 66.1 cm³/mol. The highest BCUT2D eigenvalue weighted by molar-refractivity contribution is 7.82. The summed E-state index contributed by atoms with van der Waals surface area (Å²) in [6.07, 6.45) is 0.416. The normalized spacial score (nSPS) is 27.2. The molecule has 0 aromatic heterocycles. The fourth-order valence-electron chi connectivity index (χ4n) is 1.82. The molecule has 17 heavy (non-hydrogen) atoms. The van der Waals surface area contributed by atoms with E-state index in [4.69, 9.17) is 16.7 Å². The van der Waals surface area contributed by atoms with Gasteiger partial charge in [-0.3, -0.25) is 0 Å². The molecule has 0 bridgehead atoms. The second-order valence-electron chi connectivity index (χ2n) is 4.18. The van der Waals surface area contributed by atoms with Crippen LogP contribution in [0.3, 0.4) is 0 Å². The maximum Gasteiger partial charge on any atom is 0.129 e. The van der Waals surface area contributed by atoms with E-state index in [0.717, 1.165) is 0 Å². The minimum absolute atomic E-state index is 0.196. The van der Waals surface area contributed by atoms with Crippen LogP contribution in [0.2, 0.25) is 5.02 Å². The zero-order valence-corrected chi connectivity index (χ0v) is 10.7. The first-order valence-electron chi connectivity index (χ1n) is 5.30. The molecule has 6 heteroatoms. The van der Waals surface area contributed by atoms with Crippen LogP contribution in [0.15, 0.2) is 29.2 Å². The van der Waals surface area contributed by atoms with E-state index >= 15 is 0 Å². The largest absolute Gasteiger partial charge is 0.393 e. The summed E-state index contributed by atoms with van der Waals surface area (Å²) in [6.45, 7) is 0.361. The average molecular weight is 276 g/mol. The van der Waals surface area contributed by atoms with Gasteiger partial charge in [0.15, 0.2) is 0 Å². The summed E-state index contributed by atoms with van der Waals surface area (Å²) in [7, 11) is -1.39. The molecule has 2 unspecified atom stereocenters. The van der Waals surface area contributed by atoms with Gasteiger partial charge in [0, 0.05) is 13.1 Å². The van der Waals surface area contributed by atoms with Crippen molar-refractivity contribution in [1.29, 1.82) is 0 Å². The van der Waals surface area contributed by atoms with E-state index in [0.29, 0.717) is 22.9 Å². The van der Waals surface area contributed by atoms with E-state index in [-0.39, 0.29) is 13.2 Å². The molecular weight excluding hydrogens is 262 g/mol. The average Bonchev–Trinajstić information content (AvgIpc) is 2.73. The fraction of sp³-hybridized carbons (Fsp3) is 0.455. The van der Waals surface area contributed by atoms with Crippen LogP contribution in [0.4, 0.5) is 0 Å². The maximum atomic E-state index is 12.2. The van der Waals surface area contributed by atoms with Gasteiger partial charge in [-0.2, -0.15) is 0 Å². The monoisotopic (exact) mass is 275 g/mol. The lowest BCUT2D eigenvalue weighted by Crippen LogP contribution is -2.37. The van der Waals surface area contributed by atoms with E-state index in [2.05, 4.69) is 0 Å². The van der Waals surface area contributed by atoms with E-state index in [1.807, 2.05) is 0 Å². The smallest absolute Gasteiger partial charge is 0.129 e. The number of rotatable bonds is 3. The lowest BCUT2D eigenvalue weighted by Gasteiger charge is -2.20. The highest BCUT2D eigenvalue weighted by Gasteiger charge is 2.38. The Morgan fingerprint density at radius 3 is 2.76 bits per heavy atom. The summed E-state index contributed by atoms with van der Waals surface area (Å²) in [5, 5.41) is 19.4. The van der Waals surface area contributed by atoms with Crippen molar-refractivity contribution < 1.29 is 14.4 Å². The molecule has 1 aliphatic rings. The van der Waals surface area contributed by atoms with E-state index in [1.165, 1.54) is 0 Å². The molecule has 94 valence electrons. The van der Waals surface area contributed by atoms with Crippen molar-refractivity contribution in [2.24, 2.45) is 0 Å². The molecule has 1 heterocycles. The first-order valence-corrected chi connectivity index (χ1v) is 6.79. The fourth-order valence-corrected chi connectivity index (χ4v) is 3.47. The second kappa shape index (κ2) is 5.04. The van der Waals surface area contributed by atoms with Crippen LogP contribution in [0, 0.1) is 0 Å². The Labute approximate surface area is 107 Å². The first kappa shape index (κ1) is 13.0. The molecule has 0 spiro atoms. The van der Waals surface area contributed by atoms with Crippen LogP contribution in [-0.2, 0) is 11.0 Å². The van der Waals surface area contributed by atoms with Gasteiger partial charge in [0.25, 0.3) is 0 Å². The summed E-state index contributed by atoms with van der Waals surface area (Å²) >= 11 is 5.97. The van der Waals surface area contributed by atoms with Gasteiger partial charge in [-0.25, -0.2) is 8.51 Å².